The first kappa shape index (κ1) is 28.6. The van der Waals surface area contributed by atoms with E-state index in [0.717, 1.165) is 19.3 Å². The topological polar surface area (TPSA) is 84.9 Å². The van der Waals surface area contributed by atoms with E-state index in [2.05, 4.69) is 12.2 Å². The first-order chi connectivity index (χ1) is 16.5. The summed E-state index contributed by atoms with van der Waals surface area (Å²) in [5.74, 6) is 0.102. The first-order valence-corrected chi connectivity index (χ1v) is 14.5. The van der Waals surface area contributed by atoms with E-state index >= 15 is 0 Å². The molecule has 0 saturated carbocycles. The highest BCUT2D eigenvalue weighted by Gasteiger charge is 2.38. The Kier molecular flexibility index (Phi) is 13.5. The summed E-state index contributed by atoms with van der Waals surface area (Å²) < 4.78 is 38.1. The lowest BCUT2D eigenvalue weighted by Gasteiger charge is -2.33. The van der Waals surface area contributed by atoms with Gasteiger partial charge in [0.05, 0.1) is 18.6 Å². The molecule has 1 saturated heterocycles. The van der Waals surface area contributed by atoms with Gasteiger partial charge in [0.2, 0.25) is 10.0 Å². The molecule has 1 atom stereocenters. The number of carbonyl (C=O) groups excluding carboxylic acids is 1. The van der Waals surface area contributed by atoms with Crippen molar-refractivity contribution in [1.82, 2.24) is 9.62 Å². The minimum atomic E-state index is -3.80. The van der Waals surface area contributed by atoms with Gasteiger partial charge in [-0.15, -0.1) is 0 Å². The molecule has 1 aromatic carbocycles. The van der Waals surface area contributed by atoms with E-state index < -0.39 is 22.0 Å². The number of benzene rings is 1. The Bertz CT molecular complexity index is 798. The zero-order valence-corrected chi connectivity index (χ0v) is 21.9. The molecule has 0 bridgehead atoms. The molecule has 8 heteroatoms. The molecule has 0 radical (unpaired) electrons. The summed E-state index contributed by atoms with van der Waals surface area (Å²) in [4.78, 5) is 12.8. The molecule has 1 fully saturated rings. The fourth-order valence-corrected chi connectivity index (χ4v) is 5.85. The number of hydrogen-bond acceptors (Lipinski definition) is 6. The summed E-state index contributed by atoms with van der Waals surface area (Å²) in [6.45, 7) is 3.57. The largest absolute Gasteiger partial charge is 0.497 e. The number of nitrogens with zero attached hydrogens (tertiary/aromatic N) is 1. The van der Waals surface area contributed by atoms with E-state index in [0.29, 0.717) is 18.9 Å². The van der Waals surface area contributed by atoms with E-state index in [9.17, 15) is 13.2 Å². The van der Waals surface area contributed by atoms with E-state index in [-0.39, 0.29) is 18.0 Å². The van der Waals surface area contributed by atoms with E-state index in [4.69, 9.17) is 9.47 Å². The zero-order chi connectivity index (χ0) is 24.7. The second kappa shape index (κ2) is 16.1. The lowest BCUT2D eigenvalue weighted by molar-refractivity contribution is -0.148. The Morgan fingerprint density at radius 1 is 0.941 bits per heavy atom. The van der Waals surface area contributed by atoms with E-state index in [1.54, 1.807) is 12.1 Å². The Labute approximate surface area is 206 Å². The number of nitrogens with one attached hydrogen (secondary N) is 1. The van der Waals surface area contributed by atoms with Gasteiger partial charge in [-0.2, -0.15) is 4.31 Å². The van der Waals surface area contributed by atoms with Crippen LogP contribution < -0.4 is 10.1 Å². The minimum Gasteiger partial charge on any atom is -0.497 e. The van der Waals surface area contributed by atoms with Crippen molar-refractivity contribution in [1.29, 1.82) is 0 Å². The van der Waals surface area contributed by atoms with Crippen LogP contribution in [0.3, 0.4) is 0 Å². The van der Waals surface area contributed by atoms with Gasteiger partial charge < -0.3 is 14.8 Å². The van der Waals surface area contributed by atoms with E-state index in [1.165, 1.54) is 81.3 Å². The van der Waals surface area contributed by atoms with Crippen molar-refractivity contribution in [3.8, 4) is 5.75 Å². The second-order valence-electron chi connectivity index (χ2n) is 9.07. The highest BCUT2D eigenvalue weighted by atomic mass is 32.2. The third kappa shape index (κ3) is 9.55. The normalized spacial score (nSPS) is 16.9. The molecular weight excluding hydrogens is 452 g/mol. The average Bonchev–Trinajstić information content (AvgIpc) is 2.86. The Hall–Kier alpha value is -1.64. The summed E-state index contributed by atoms with van der Waals surface area (Å²) >= 11 is 0. The number of sulfonamides is 1. The number of ether oxygens (including phenoxy) is 2. The molecule has 0 aromatic heterocycles. The van der Waals surface area contributed by atoms with Crippen LogP contribution in [-0.2, 0) is 19.6 Å². The number of methoxy groups -OCH3 is 1. The standard InChI is InChI=1S/C26H44N2O5S/c1-3-4-5-6-7-8-9-10-11-12-13-14-21-33-26(29)25-22-27-19-20-28(25)34(30,31)24-17-15-23(32-2)16-18-24/h15-18,25,27H,3-14,19-22H2,1-2H3. The smallest absolute Gasteiger partial charge is 0.325 e. The monoisotopic (exact) mass is 496 g/mol. The molecule has 1 N–H and O–H groups in total. The first-order valence-electron chi connectivity index (χ1n) is 13.0. The van der Waals surface area contributed by atoms with Crippen molar-refractivity contribution in [2.75, 3.05) is 33.4 Å². The Balaban J connectivity index is 1.67. The second-order valence-corrected chi connectivity index (χ2v) is 11.0. The minimum absolute atomic E-state index is 0.147. The van der Waals surface area contributed by atoms with Crippen LogP contribution in [0.15, 0.2) is 29.2 Å². The average molecular weight is 497 g/mol. The summed E-state index contributed by atoms with van der Waals surface area (Å²) in [6.07, 6.45) is 14.9. The van der Waals surface area contributed by atoms with Crippen molar-refractivity contribution in [3.63, 3.8) is 0 Å². The molecule has 1 unspecified atom stereocenters. The molecule has 1 aromatic rings. The predicted octanol–water partition coefficient (Wildman–Crippen LogP) is 4.90. The molecule has 0 amide bonds. The number of rotatable bonds is 17. The van der Waals surface area contributed by atoms with Gasteiger partial charge >= 0.3 is 5.97 Å². The van der Waals surface area contributed by atoms with Gasteiger partial charge in [-0.05, 0) is 30.7 Å². The van der Waals surface area contributed by atoms with Crippen molar-refractivity contribution >= 4 is 16.0 Å². The fourth-order valence-electron chi connectivity index (χ4n) is 4.27. The quantitative estimate of drug-likeness (QED) is 0.244. The molecule has 194 valence electrons. The van der Waals surface area contributed by atoms with Crippen LogP contribution in [0.1, 0.15) is 84.0 Å². The molecular formula is C26H44N2O5S. The third-order valence-electron chi connectivity index (χ3n) is 6.37. The summed E-state index contributed by atoms with van der Waals surface area (Å²) in [5.41, 5.74) is 0. The van der Waals surface area contributed by atoms with Crippen LogP contribution in [0.2, 0.25) is 0 Å². The SMILES string of the molecule is CCCCCCCCCCCCCCOC(=O)C1CNCCN1S(=O)(=O)c1ccc(OC)cc1. The number of unbranched alkanes of at least 4 members (excludes halogenated alkanes) is 11. The highest BCUT2D eigenvalue weighted by Crippen LogP contribution is 2.22. The number of hydrogen-bond donors (Lipinski definition) is 1. The maximum atomic E-state index is 13.1. The van der Waals surface area contributed by atoms with Crippen molar-refractivity contribution < 1.29 is 22.7 Å². The highest BCUT2D eigenvalue weighted by molar-refractivity contribution is 7.89. The van der Waals surface area contributed by atoms with Gasteiger partial charge in [0.25, 0.3) is 0 Å². The zero-order valence-electron chi connectivity index (χ0n) is 21.1. The fraction of sp³-hybridized carbons (Fsp3) is 0.731. The third-order valence-corrected chi connectivity index (χ3v) is 8.30. The van der Waals surface area contributed by atoms with Crippen molar-refractivity contribution in [3.05, 3.63) is 24.3 Å². The molecule has 1 heterocycles. The molecule has 7 nitrogen and oxygen atoms in total. The Morgan fingerprint density at radius 3 is 2.06 bits per heavy atom. The van der Waals surface area contributed by atoms with Gasteiger partial charge in [-0.1, -0.05) is 77.6 Å². The molecule has 1 aliphatic rings. The lowest BCUT2D eigenvalue weighted by Crippen LogP contribution is -2.57. The molecule has 34 heavy (non-hydrogen) atoms. The van der Waals surface area contributed by atoms with Gasteiger partial charge in [0.1, 0.15) is 11.8 Å². The molecule has 2 rings (SSSR count). The van der Waals surface area contributed by atoms with Crippen LogP contribution >= 0.6 is 0 Å². The van der Waals surface area contributed by atoms with Crippen LogP contribution in [-0.4, -0.2) is 58.1 Å². The van der Waals surface area contributed by atoms with E-state index in [1.807, 2.05) is 0 Å². The van der Waals surface area contributed by atoms with Gasteiger partial charge in [-0.25, -0.2) is 8.42 Å². The molecule has 0 aliphatic carbocycles. The van der Waals surface area contributed by atoms with Crippen molar-refractivity contribution in [2.24, 2.45) is 0 Å². The Morgan fingerprint density at radius 2 is 1.50 bits per heavy atom. The summed E-state index contributed by atoms with van der Waals surface area (Å²) in [7, 11) is -2.27. The summed E-state index contributed by atoms with van der Waals surface area (Å²) in [5, 5.41) is 3.11. The number of carbonyl (C=O) groups is 1. The maximum Gasteiger partial charge on any atom is 0.325 e. The van der Waals surface area contributed by atoms with Crippen LogP contribution in [0.4, 0.5) is 0 Å². The molecule has 0 spiro atoms. The van der Waals surface area contributed by atoms with Gasteiger partial charge in [0, 0.05) is 19.6 Å². The maximum absolute atomic E-state index is 13.1. The van der Waals surface area contributed by atoms with Crippen LogP contribution in [0.5, 0.6) is 5.75 Å². The summed E-state index contributed by atoms with van der Waals surface area (Å²) in [6, 6.07) is 5.38. The van der Waals surface area contributed by atoms with Gasteiger partial charge in [-0.3, -0.25) is 4.79 Å². The number of piperazine rings is 1. The predicted molar refractivity (Wildman–Crippen MR) is 136 cm³/mol. The van der Waals surface area contributed by atoms with Crippen LogP contribution in [0.25, 0.3) is 0 Å². The lowest BCUT2D eigenvalue weighted by atomic mass is 10.1. The van der Waals surface area contributed by atoms with Gasteiger partial charge in [0.15, 0.2) is 0 Å². The number of esters is 1. The van der Waals surface area contributed by atoms with Crippen molar-refractivity contribution in [2.45, 2.75) is 94.9 Å². The molecule has 1 aliphatic heterocycles. The van der Waals surface area contributed by atoms with Crippen LogP contribution in [0, 0.1) is 0 Å².